The molecule has 0 spiro atoms. The van der Waals surface area contributed by atoms with Crippen molar-refractivity contribution in [2.75, 3.05) is 0 Å². The number of hydrogen-bond acceptors (Lipinski definition) is 2. The molecule has 0 aliphatic rings. The van der Waals surface area contributed by atoms with Gasteiger partial charge >= 0.3 is 11.9 Å². The predicted octanol–water partition coefficient (Wildman–Crippen LogP) is 2.54. The Hall–Kier alpha value is -1.20. The van der Waals surface area contributed by atoms with Crippen molar-refractivity contribution < 1.29 is 18.7 Å². The van der Waals surface area contributed by atoms with Gasteiger partial charge in [-0.25, -0.2) is 4.79 Å². The Morgan fingerprint density at radius 2 is 2.12 bits per heavy atom. The molecular weight excluding hydrogens is 240 g/mol. The summed E-state index contributed by atoms with van der Waals surface area (Å²) in [6.07, 6.45) is 0. The van der Waals surface area contributed by atoms with Crippen molar-refractivity contribution in [2.45, 2.75) is 18.9 Å². The molecule has 0 aliphatic carbocycles. The Labute approximate surface area is 95.8 Å². The van der Waals surface area contributed by atoms with E-state index in [1.54, 1.807) is 6.92 Å². The smallest absolute Gasteiger partial charge is 0.379 e. The molecule has 0 fully saturated rings. The Bertz CT molecular complexity index is 421. The Morgan fingerprint density at radius 1 is 1.56 bits per heavy atom. The zero-order valence-electron chi connectivity index (χ0n) is 8.38. The van der Waals surface area contributed by atoms with Crippen LogP contribution >= 0.6 is 11.6 Å². The molecule has 1 atom stereocenters. The lowest BCUT2D eigenvalue weighted by atomic mass is 10.0. The number of benzene rings is 1. The van der Waals surface area contributed by atoms with Crippen LogP contribution in [0.4, 0.5) is 8.78 Å². The van der Waals surface area contributed by atoms with E-state index >= 15 is 0 Å². The summed E-state index contributed by atoms with van der Waals surface area (Å²) in [6.45, 7) is 1.57. The highest BCUT2D eigenvalue weighted by molar-refractivity contribution is 6.32. The monoisotopic (exact) mass is 249 g/mol. The average Bonchev–Trinajstić information content (AvgIpc) is 2.16. The van der Waals surface area contributed by atoms with Crippen molar-refractivity contribution in [3.05, 3.63) is 34.3 Å². The van der Waals surface area contributed by atoms with Crippen molar-refractivity contribution in [1.82, 2.24) is 0 Å². The molecule has 1 aromatic rings. The minimum Gasteiger partial charge on any atom is -0.477 e. The second-order valence-electron chi connectivity index (χ2n) is 3.38. The van der Waals surface area contributed by atoms with E-state index in [1.807, 2.05) is 0 Å². The summed E-state index contributed by atoms with van der Waals surface area (Å²) in [5.41, 5.74) is 5.08. The molecule has 6 heteroatoms. The molecule has 1 rings (SSSR count). The van der Waals surface area contributed by atoms with Gasteiger partial charge in [0.2, 0.25) is 0 Å². The molecule has 0 aromatic heterocycles. The SMILES string of the molecule is CC(N)c1cccc(C(F)(F)C(=O)O)c1Cl. The molecule has 0 radical (unpaired) electrons. The normalized spacial score (nSPS) is 13.6. The third-order valence-corrected chi connectivity index (χ3v) is 2.55. The molecule has 0 aliphatic heterocycles. The van der Waals surface area contributed by atoms with Crippen molar-refractivity contribution in [3.8, 4) is 0 Å². The van der Waals surface area contributed by atoms with Gasteiger partial charge in [0.1, 0.15) is 0 Å². The fourth-order valence-electron chi connectivity index (χ4n) is 1.26. The second kappa shape index (κ2) is 4.35. The van der Waals surface area contributed by atoms with Crippen molar-refractivity contribution in [2.24, 2.45) is 5.73 Å². The molecule has 0 saturated heterocycles. The Kier molecular flexibility index (Phi) is 3.50. The van der Waals surface area contributed by atoms with Crippen LogP contribution in [0.1, 0.15) is 24.1 Å². The first-order valence-electron chi connectivity index (χ1n) is 4.44. The standard InChI is InChI=1S/C10H10ClF2NO2/c1-5(14)6-3-2-4-7(8(6)11)10(12,13)9(15)16/h2-5H,14H2,1H3,(H,15,16). The highest BCUT2D eigenvalue weighted by Crippen LogP contribution is 2.36. The van der Waals surface area contributed by atoms with E-state index in [0.717, 1.165) is 6.07 Å². The lowest BCUT2D eigenvalue weighted by Crippen LogP contribution is -2.26. The van der Waals surface area contributed by atoms with Gasteiger partial charge in [0, 0.05) is 6.04 Å². The summed E-state index contributed by atoms with van der Waals surface area (Å²) < 4.78 is 26.5. The molecule has 3 N–H and O–H groups in total. The fourth-order valence-corrected chi connectivity index (χ4v) is 1.68. The van der Waals surface area contributed by atoms with Gasteiger partial charge in [-0.1, -0.05) is 29.8 Å². The summed E-state index contributed by atoms with van der Waals surface area (Å²) in [5, 5.41) is 8.11. The Balaban J connectivity index is 3.36. The summed E-state index contributed by atoms with van der Waals surface area (Å²) >= 11 is 5.71. The number of carboxylic acids is 1. The lowest BCUT2D eigenvalue weighted by molar-refractivity contribution is -0.166. The van der Waals surface area contributed by atoms with E-state index in [0.29, 0.717) is 5.56 Å². The first-order chi connectivity index (χ1) is 7.28. The van der Waals surface area contributed by atoms with E-state index < -0.39 is 23.5 Å². The van der Waals surface area contributed by atoms with Crippen LogP contribution in [0.25, 0.3) is 0 Å². The highest BCUT2D eigenvalue weighted by Gasteiger charge is 2.43. The molecule has 0 saturated carbocycles. The van der Waals surface area contributed by atoms with E-state index in [4.69, 9.17) is 22.4 Å². The van der Waals surface area contributed by atoms with Crippen molar-refractivity contribution >= 4 is 17.6 Å². The van der Waals surface area contributed by atoms with Crippen LogP contribution in [0.3, 0.4) is 0 Å². The first-order valence-corrected chi connectivity index (χ1v) is 4.82. The highest BCUT2D eigenvalue weighted by atomic mass is 35.5. The zero-order chi connectivity index (χ0) is 12.5. The van der Waals surface area contributed by atoms with Crippen molar-refractivity contribution in [3.63, 3.8) is 0 Å². The molecule has 0 heterocycles. The van der Waals surface area contributed by atoms with Gasteiger partial charge in [-0.05, 0) is 12.5 Å². The van der Waals surface area contributed by atoms with Crippen LogP contribution in [0.2, 0.25) is 5.02 Å². The maximum Gasteiger partial charge on any atom is 0.379 e. The fraction of sp³-hybridized carbons (Fsp3) is 0.300. The number of nitrogens with two attached hydrogens (primary N) is 1. The van der Waals surface area contributed by atoms with E-state index in [2.05, 4.69) is 0 Å². The predicted molar refractivity (Wildman–Crippen MR) is 55.6 cm³/mol. The van der Waals surface area contributed by atoms with Gasteiger partial charge in [-0.15, -0.1) is 0 Å². The number of alkyl halides is 2. The van der Waals surface area contributed by atoms with Crippen LogP contribution in [0.5, 0.6) is 0 Å². The van der Waals surface area contributed by atoms with E-state index in [9.17, 15) is 13.6 Å². The molecule has 1 unspecified atom stereocenters. The molecule has 88 valence electrons. The van der Waals surface area contributed by atoms with Crippen LogP contribution in [-0.4, -0.2) is 11.1 Å². The third-order valence-electron chi connectivity index (χ3n) is 2.13. The quantitative estimate of drug-likeness (QED) is 0.865. The number of carbonyl (C=O) groups is 1. The third kappa shape index (κ3) is 2.15. The molecule has 16 heavy (non-hydrogen) atoms. The minimum absolute atomic E-state index is 0.292. The maximum absolute atomic E-state index is 13.3. The van der Waals surface area contributed by atoms with Crippen LogP contribution in [0.15, 0.2) is 18.2 Å². The average molecular weight is 250 g/mol. The van der Waals surface area contributed by atoms with Crippen molar-refractivity contribution in [1.29, 1.82) is 0 Å². The van der Waals surface area contributed by atoms with Gasteiger partial charge in [0.15, 0.2) is 0 Å². The number of hydrogen-bond donors (Lipinski definition) is 2. The minimum atomic E-state index is -4.01. The lowest BCUT2D eigenvalue weighted by Gasteiger charge is -2.16. The molecule has 0 amide bonds. The molecule has 3 nitrogen and oxygen atoms in total. The van der Waals surface area contributed by atoms with Gasteiger partial charge in [0.25, 0.3) is 0 Å². The molecular formula is C10H10ClF2NO2. The van der Waals surface area contributed by atoms with Gasteiger partial charge in [0.05, 0.1) is 10.6 Å². The summed E-state index contributed by atoms with van der Waals surface area (Å²) in [5.74, 6) is -6.25. The van der Waals surface area contributed by atoms with E-state index in [1.165, 1.54) is 12.1 Å². The van der Waals surface area contributed by atoms with Crippen LogP contribution < -0.4 is 5.73 Å². The second-order valence-corrected chi connectivity index (χ2v) is 3.75. The summed E-state index contributed by atoms with van der Waals surface area (Å²) in [6, 6.07) is 3.21. The Morgan fingerprint density at radius 3 is 2.56 bits per heavy atom. The number of rotatable bonds is 3. The molecule has 1 aromatic carbocycles. The van der Waals surface area contributed by atoms with Gasteiger partial charge < -0.3 is 10.8 Å². The number of halogens is 3. The summed E-state index contributed by atoms with van der Waals surface area (Å²) in [7, 11) is 0. The summed E-state index contributed by atoms with van der Waals surface area (Å²) in [4.78, 5) is 10.4. The van der Waals surface area contributed by atoms with E-state index in [-0.39, 0.29) is 5.02 Å². The van der Waals surface area contributed by atoms with Gasteiger partial charge in [-0.3, -0.25) is 0 Å². The largest absolute Gasteiger partial charge is 0.477 e. The van der Waals surface area contributed by atoms with Crippen LogP contribution in [0, 0.1) is 0 Å². The number of aliphatic carboxylic acids is 1. The topological polar surface area (TPSA) is 63.3 Å². The maximum atomic E-state index is 13.3. The van der Waals surface area contributed by atoms with Gasteiger partial charge in [-0.2, -0.15) is 8.78 Å². The van der Waals surface area contributed by atoms with Crippen LogP contribution in [-0.2, 0) is 10.7 Å². The zero-order valence-corrected chi connectivity index (χ0v) is 9.13. The first kappa shape index (κ1) is 12.9. The number of carboxylic acid groups (broad SMARTS) is 1. The molecule has 0 bridgehead atoms.